The van der Waals surface area contributed by atoms with Crippen molar-refractivity contribution in [3.63, 3.8) is 0 Å². The van der Waals surface area contributed by atoms with E-state index in [0.29, 0.717) is 9.67 Å². The number of hydrogen-bond donors (Lipinski definition) is 2. The van der Waals surface area contributed by atoms with Crippen LogP contribution in [-0.2, 0) is 11.8 Å². The van der Waals surface area contributed by atoms with Gasteiger partial charge in [0.25, 0.3) is 0 Å². The van der Waals surface area contributed by atoms with E-state index in [-0.39, 0.29) is 16.9 Å². The van der Waals surface area contributed by atoms with Crippen LogP contribution in [0.15, 0.2) is 36.4 Å². The molecule has 2 rings (SSSR count). The standard InChI is InChI=1S/C26H37IO2/c1-8-26(19(4)27,22-12-13-23(28)18(3)16-22)21-11-9-20(17(2)15-21)10-14-24(29)25(5,6)7/h9,11-13,15-16,19,24,28-29H,8,10,14H2,1-7H3. The largest absolute Gasteiger partial charge is 0.508 e. The lowest BCUT2D eigenvalue weighted by atomic mass is 9.69. The first kappa shape index (κ1) is 24.2. The average molecular weight is 508 g/mol. The summed E-state index contributed by atoms with van der Waals surface area (Å²) in [6, 6.07) is 12.9. The number of aliphatic hydroxyl groups is 1. The van der Waals surface area contributed by atoms with Crippen molar-refractivity contribution in [2.45, 2.75) is 83.2 Å². The topological polar surface area (TPSA) is 40.5 Å². The number of phenols is 1. The van der Waals surface area contributed by atoms with E-state index in [0.717, 1.165) is 24.8 Å². The second-order valence-electron chi connectivity index (χ2n) is 9.50. The van der Waals surface area contributed by atoms with E-state index in [1.807, 2.05) is 13.0 Å². The first-order chi connectivity index (χ1) is 13.4. The molecule has 0 saturated carbocycles. The van der Waals surface area contributed by atoms with Gasteiger partial charge in [0.05, 0.1) is 6.10 Å². The minimum Gasteiger partial charge on any atom is -0.508 e. The highest BCUT2D eigenvalue weighted by Crippen LogP contribution is 2.44. The van der Waals surface area contributed by atoms with Crippen molar-refractivity contribution in [1.29, 1.82) is 0 Å². The Morgan fingerprint density at radius 1 is 0.966 bits per heavy atom. The van der Waals surface area contributed by atoms with Crippen LogP contribution in [0.3, 0.4) is 0 Å². The molecule has 2 aromatic rings. The number of rotatable bonds is 7. The predicted molar refractivity (Wildman–Crippen MR) is 132 cm³/mol. The van der Waals surface area contributed by atoms with Gasteiger partial charge in [0.15, 0.2) is 0 Å². The smallest absolute Gasteiger partial charge is 0.118 e. The zero-order valence-corrected chi connectivity index (χ0v) is 21.2. The van der Waals surface area contributed by atoms with Crippen LogP contribution in [0.1, 0.15) is 75.3 Å². The Bertz CT molecular complexity index is 835. The third-order valence-electron chi connectivity index (χ3n) is 6.49. The SMILES string of the molecule is CCC(c1ccc(O)c(C)c1)(c1ccc(CCC(O)C(C)(C)C)c(C)c1)C(C)I. The molecule has 0 spiro atoms. The molecule has 0 bridgehead atoms. The Balaban J connectivity index is 2.43. The first-order valence-electron chi connectivity index (χ1n) is 10.7. The van der Waals surface area contributed by atoms with E-state index in [1.165, 1.54) is 22.3 Å². The Morgan fingerprint density at radius 2 is 1.52 bits per heavy atom. The number of aryl methyl sites for hydroxylation is 3. The van der Waals surface area contributed by atoms with Crippen molar-refractivity contribution >= 4 is 22.6 Å². The minimum absolute atomic E-state index is 0.0847. The maximum absolute atomic E-state index is 10.4. The third-order valence-corrected chi connectivity index (χ3v) is 7.56. The van der Waals surface area contributed by atoms with E-state index in [2.05, 4.69) is 94.5 Å². The Labute approximate surface area is 190 Å². The van der Waals surface area contributed by atoms with Gasteiger partial charge in [-0.05, 0) is 72.4 Å². The van der Waals surface area contributed by atoms with Crippen LogP contribution in [0.2, 0.25) is 0 Å². The van der Waals surface area contributed by atoms with Gasteiger partial charge < -0.3 is 10.2 Å². The first-order valence-corrected chi connectivity index (χ1v) is 11.9. The number of hydrogen-bond acceptors (Lipinski definition) is 2. The maximum Gasteiger partial charge on any atom is 0.118 e. The molecule has 0 radical (unpaired) electrons. The molecule has 3 heteroatoms. The Morgan fingerprint density at radius 3 is 1.97 bits per heavy atom. The number of halogens is 1. The molecular formula is C26H37IO2. The summed E-state index contributed by atoms with van der Waals surface area (Å²) >= 11 is 2.54. The lowest BCUT2D eigenvalue weighted by Gasteiger charge is -2.38. The molecule has 0 aromatic heterocycles. The lowest BCUT2D eigenvalue weighted by Crippen LogP contribution is -2.35. The number of benzene rings is 2. The summed E-state index contributed by atoms with van der Waals surface area (Å²) in [5.74, 6) is 0.351. The summed E-state index contributed by atoms with van der Waals surface area (Å²) in [4.78, 5) is 0. The van der Waals surface area contributed by atoms with E-state index >= 15 is 0 Å². The molecular weight excluding hydrogens is 471 g/mol. The Hall–Kier alpha value is -1.07. The van der Waals surface area contributed by atoms with E-state index in [9.17, 15) is 10.2 Å². The van der Waals surface area contributed by atoms with Crippen LogP contribution >= 0.6 is 22.6 Å². The number of phenolic OH excluding ortho intramolecular Hbond substituents is 1. The van der Waals surface area contributed by atoms with Gasteiger partial charge in [0, 0.05) is 9.34 Å². The van der Waals surface area contributed by atoms with Crippen LogP contribution in [0.4, 0.5) is 0 Å². The molecule has 0 fully saturated rings. The second-order valence-corrected chi connectivity index (χ2v) is 11.4. The fraction of sp³-hybridized carbons (Fsp3) is 0.538. The molecule has 0 aliphatic heterocycles. The average Bonchev–Trinajstić information content (AvgIpc) is 2.63. The summed E-state index contributed by atoms with van der Waals surface area (Å²) in [7, 11) is 0. The normalized spacial score (nSPS) is 16.3. The summed E-state index contributed by atoms with van der Waals surface area (Å²) in [6.45, 7) is 14.9. The molecule has 160 valence electrons. The molecule has 0 aliphatic rings. The van der Waals surface area contributed by atoms with Crippen LogP contribution in [0, 0.1) is 19.3 Å². The molecule has 2 aromatic carbocycles. The molecule has 29 heavy (non-hydrogen) atoms. The molecule has 3 unspecified atom stereocenters. The van der Waals surface area contributed by atoms with Crippen LogP contribution in [0.5, 0.6) is 5.75 Å². The molecule has 2 N–H and O–H groups in total. The monoisotopic (exact) mass is 508 g/mol. The summed E-state index contributed by atoms with van der Waals surface area (Å²) in [5, 5.41) is 20.4. The molecule has 0 saturated heterocycles. The third kappa shape index (κ3) is 5.16. The molecule has 2 nitrogen and oxygen atoms in total. The van der Waals surface area contributed by atoms with Gasteiger partial charge >= 0.3 is 0 Å². The number of aromatic hydroxyl groups is 1. The summed E-state index contributed by atoms with van der Waals surface area (Å²) in [5.41, 5.74) is 5.91. The molecule has 3 atom stereocenters. The van der Waals surface area contributed by atoms with Gasteiger partial charge in [-0.25, -0.2) is 0 Å². The summed E-state index contributed by atoms with van der Waals surface area (Å²) < 4.78 is 0.391. The van der Waals surface area contributed by atoms with E-state index in [1.54, 1.807) is 0 Å². The Kier molecular flexibility index (Phi) is 7.83. The maximum atomic E-state index is 10.4. The van der Waals surface area contributed by atoms with Crippen molar-refractivity contribution in [3.05, 3.63) is 64.2 Å². The van der Waals surface area contributed by atoms with Gasteiger partial charge in [0.2, 0.25) is 0 Å². The van der Waals surface area contributed by atoms with E-state index < -0.39 is 0 Å². The highest BCUT2D eigenvalue weighted by atomic mass is 127. The highest BCUT2D eigenvalue weighted by Gasteiger charge is 2.37. The molecule has 0 aliphatic carbocycles. The van der Waals surface area contributed by atoms with Crippen molar-refractivity contribution in [2.75, 3.05) is 0 Å². The van der Waals surface area contributed by atoms with E-state index in [4.69, 9.17) is 0 Å². The van der Waals surface area contributed by atoms with Crippen LogP contribution < -0.4 is 0 Å². The molecule has 0 heterocycles. The zero-order chi connectivity index (χ0) is 22.0. The summed E-state index contributed by atoms with van der Waals surface area (Å²) in [6.07, 6.45) is 2.36. The lowest BCUT2D eigenvalue weighted by molar-refractivity contribution is 0.0560. The fourth-order valence-corrected chi connectivity index (χ4v) is 5.39. The number of aliphatic hydroxyl groups excluding tert-OH is 1. The van der Waals surface area contributed by atoms with Gasteiger partial charge in [-0.3, -0.25) is 0 Å². The van der Waals surface area contributed by atoms with Crippen molar-refractivity contribution in [2.24, 2.45) is 5.41 Å². The van der Waals surface area contributed by atoms with Crippen LogP contribution in [0.25, 0.3) is 0 Å². The zero-order valence-electron chi connectivity index (χ0n) is 19.0. The van der Waals surface area contributed by atoms with Gasteiger partial charge in [-0.1, -0.05) is 87.5 Å². The number of alkyl halides is 1. The second kappa shape index (κ2) is 9.38. The van der Waals surface area contributed by atoms with Crippen molar-refractivity contribution in [3.8, 4) is 5.75 Å². The van der Waals surface area contributed by atoms with Gasteiger partial charge in [0.1, 0.15) is 5.75 Å². The minimum atomic E-state index is -0.300. The van der Waals surface area contributed by atoms with Crippen molar-refractivity contribution in [1.82, 2.24) is 0 Å². The highest BCUT2D eigenvalue weighted by molar-refractivity contribution is 14.1. The fourth-order valence-electron chi connectivity index (χ4n) is 4.23. The quantitative estimate of drug-likeness (QED) is 0.317. The van der Waals surface area contributed by atoms with Crippen molar-refractivity contribution < 1.29 is 10.2 Å². The van der Waals surface area contributed by atoms with Gasteiger partial charge in [-0.15, -0.1) is 0 Å². The van der Waals surface area contributed by atoms with Gasteiger partial charge in [-0.2, -0.15) is 0 Å². The molecule has 0 amide bonds. The predicted octanol–water partition coefficient (Wildman–Crippen LogP) is 6.87. The van der Waals surface area contributed by atoms with Crippen LogP contribution in [-0.4, -0.2) is 20.2 Å².